The lowest BCUT2D eigenvalue weighted by Gasteiger charge is -2.45. The lowest BCUT2D eigenvalue weighted by atomic mass is 9.63. The van der Waals surface area contributed by atoms with Crippen LogP contribution in [-0.4, -0.2) is 23.6 Å². The van der Waals surface area contributed by atoms with Crippen LogP contribution in [0.5, 0.6) is 0 Å². The highest BCUT2D eigenvalue weighted by Crippen LogP contribution is 2.47. The number of fused-ring (bicyclic) bond motifs is 1. The second-order valence-corrected chi connectivity index (χ2v) is 9.20. The molecule has 4 nitrogen and oxygen atoms in total. The van der Waals surface area contributed by atoms with Gasteiger partial charge in [-0.25, -0.2) is 4.79 Å². The first-order valence-electron chi connectivity index (χ1n) is 10.5. The van der Waals surface area contributed by atoms with E-state index in [4.69, 9.17) is 4.74 Å². The molecule has 2 aliphatic carbocycles. The van der Waals surface area contributed by atoms with Crippen LogP contribution in [0.3, 0.4) is 0 Å². The lowest BCUT2D eigenvalue weighted by Crippen LogP contribution is -2.44. The molecule has 0 heterocycles. The number of benzene rings is 1. The highest BCUT2D eigenvalue weighted by atomic mass is 16.5. The molecule has 158 valence electrons. The average Bonchev–Trinajstić information content (AvgIpc) is 2.66. The fourth-order valence-electron chi connectivity index (χ4n) is 4.62. The standard InChI is InChI=1S/C26H30O4/c1-16(2)14-25(29)30-24-13-6-17(3)21(26(24,4)5)10-8-18-7-9-19-20(15-18)23(28)12-11-22(19)27/h7,9,11-12,14-15,21,24H,3,6,8,10,13H2,1-2,4-5H3/t21-,24-/m0/s1. The third kappa shape index (κ3) is 4.53. The Labute approximate surface area is 178 Å². The number of rotatable bonds is 5. The maximum atomic E-state index is 12.2. The maximum absolute atomic E-state index is 12.2. The van der Waals surface area contributed by atoms with Crippen molar-refractivity contribution in [1.82, 2.24) is 0 Å². The van der Waals surface area contributed by atoms with Crippen LogP contribution in [0, 0.1) is 11.3 Å². The molecule has 1 aromatic rings. The normalized spacial score (nSPS) is 22.5. The highest BCUT2D eigenvalue weighted by Gasteiger charge is 2.43. The van der Waals surface area contributed by atoms with E-state index >= 15 is 0 Å². The Morgan fingerprint density at radius 2 is 1.83 bits per heavy atom. The van der Waals surface area contributed by atoms with Crippen molar-refractivity contribution in [2.45, 2.75) is 59.5 Å². The van der Waals surface area contributed by atoms with Crippen LogP contribution in [0.25, 0.3) is 0 Å². The quantitative estimate of drug-likeness (QED) is 0.372. The molecule has 4 heteroatoms. The summed E-state index contributed by atoms with van der Waals surface area (Å²) >= 11 is 0. The molecule has 3 rings (SSSR count). The third-order valence-electron chi connectivity index (χ3n) is 6.34. The highest BCUT2D eigenvalue weighted by molar-refractivity contribution is 6.22. The minimum absolute atomic E-state index is 0.125. The molecule has 0 aromatic heterocycles. The van der Waals surface area contributed by atoms with E-state index in [1.54, 1.807) is 6.07 Å². The molecule has 0 amide bonds. The Hall–Kier alpha value is -2.75. The van der Waals surface area contributed by atoms with Gasteiger partial charge in [-0.15, -0.1) is 0 Å². The van der Waals surface area contributed by atoms with Crippen molar-refractivity contribution in [2.75, 3.05) is 0 Å². The van der Waals surface area contributed by atoms with E-state index < -0.39 is 0 Å². The van der Waals surface area contributed by atoms with Crippen molar-refractivity contribution in [2.24, 2.45) is 11.3 Å². The van der Waals surface area contributed by atoms with E-state index in [2.05, 4.69) is 20.4 Å². The van der Waals surface area contributed by atoms with E-state index in [-0.39, 0.29) is 35.0 Å². The molecule has 2 aliphatic rings. The van der Waals surface area contributed by atoms with Crippen LogP contribution >= 0.6 is 0 Å². The van der Waals surface area contributed by atoms with E-state index in [1.165, 1.54) is 23.8 Å². The van der Waals surface area contributed by atoms with Crippen molar-refractivity contribution < 1.29 is 19.1 Å². The summed E-state index contributed by atoms with van der Waals surface area (Å²) in [5, 5.41) is 0. The second-order valence-electron chi connectivity index (χ2n) is 9.20. The molecular formula is C26H30O4. The van der Waals surface area contributed by atoms with Crippen LogP contribution in [0.2, 0.25) is 0 Å². The minimum Gasteiger partial charge on any atom is -0.459 e. The van der Waals surface area contributed by atoms with Gasteiger partial charge in [0.25, 0.3) is 0 Å². The molecule has 30 heavy (non-hydrogen) atoms. The first-order valence-corrected chi connectivity index (χ1v) is 10.5. The number of esters is 1. The first-order chi connectivity index (χ1) is 14.1. The Kier molecular flexibility index (Phi) is 6.25. The molecule has 0 bridgehead atoms. The average molecular weight is 407 g/mol. The van der Waals surface area contributed by atoms with Gasteiger partial charge in [0.2, 0.25) is 0 Å². The molecule has 0 spiro atoms. The van der Waals surface area contributed by atoms with Crippen LogP contribution in [0.15, 0.2) is 54.2 Å². The lowest BCUT2D eigenvalue weighted by molar-refractivity contribution is -0.153. The van der Waals surface area contributed by atoms with Crippen molar-refractivity contribution in [1.29, 1.82) is 0 Å². The van der Waals surface area contributed by atoms with Crippen molar-refractivity contribution in [3.8, 4) is 0 Å². The molecule has 0 N–H and O–H groups in total. The molecule has 1 aromatic carbocycles. The van der Waals surface area contributed by atoms with Gasteiger partial charge in [0.1, 0.15) is 6.10 Å². The Balaban J connectivity index is 1.74. The van der Waals surface area contributed by atoms with E-state index in [0.717, 1.165) is 36.8 Å². The van der Waals surface area contributed by atoms with Gasteiger partial charge in [-0.2, -0.15) is 0 Å². The molecule has 1 saturated carbocycles. The molecule has 1 fully saturated rings. The summed E-state index contributed by atoms with van der Waals surface area (Å²) < 4.78 is 5.80. The maximum Gasteiger partial charge on any atom is 0.330 e. The van der Waals surface area contributed by atoms with Gasteiger partial charge in [-0.1, -0.05) is 43.7 Å². The zero-order valence-electron chi connectivity index (χ0n) is 18.3. The fraction of sp³-hybridized carbons (Fsp3) is 0.423. The summed E-state index contributed by atoms with van der Waals surface area (Å²) in [5.41, 5.74) is 3.85. The smallest absolute Gasteiger partial charge is 0.330 e. The number of carbonyl (C=O) groups is 3. The van der Waals surface area contributed by atoms with Crippen LogP contribution in [0.1, 0.15) is 73.2 Å². The number of ketones is 2. The zero-order chi connectivity index (χ0) is 22.1. The van der Waals surface area contributed by atoms with Gasteiger partial charge in [-0.3, -0.25) is 9.59 Å². The summed E-state index contributed by atoms with van der Waals surface area (Å²) in [5.74, 6) is -0.339. The van der Waals surface area contributed by atoms with Gasteiger partial charge in [-0.05, 0) is 69.2 Å². The largest absolute Gasteiger partial charge is 0.459 e. The van der Waals surface area contributed by atoms with Gasteiger partial charge < -0.3 is 4.74 Å². The van der Waals surface area contributed by atoms with Gasteiger partial charge in [0.15, 0.2) is 11.6 Å². The number of hydrogen-bond donors (Lipinski definition) is 0. The summed E-state index contributed by atoms with van der Waals surface area (Å²) in [7, 11) is 0. The molecule has 0 saturated heterocycles. The third-order valence-corrected chi connectivity index (χ3v) is 6.34. The second kappa shape index (κ2) is 8.55. The van der Waals surface area contributed by atoms with Crippen molar-refractivity contribution in [3.05, 3.63) is 70.8 Å². The summed E-state index contributed by atoms with van der Waals surface area (Å²) in [4.78, 5) is 36.3. The molecule has 2 atom stereocenters. The number of carbonyl (C=O) groups excluding carboxylic acids is 3. The summed E-state index contributed by atoms with van der Waals surface area (Å²) in [6.45, 7) is 12.3. The number of aryl methyl sites for hydroxylation is 1. The minimum atomic E-state index is -0.287. The van der Waals surface area contributed by atoms with E-state index in [1.807, 2.05) is 26.0 Å². The van der Waals surface area contributed by atoms with Crippen LogP contribution in [-0.2, 0) is 16.0 Å². The van der Waals surface area contributed by atoms with Gasteiger partial charge in [0.05, 0.1) is 0 Å². The zero-order valence-corrected chi connectivity index (χ0v) is 18.3. The fourth-order valence-corrected chi connectivity index (χ4v) is 4.62. The molecular weight excluding hydrogens is 376 g/mol. The summed E-state index contributed by atoms with van der Waals surface area (Å²) in [6, 6.07) is 5.51. The van der Waals surface area contributed by atoms with Crippen molar-refractivity contribution >= 4 is 17.5 Å². The summed E-state index contributed by atoms with van der Waals surface area (Å²) in [6.07, 6.45) is 7.27. The van der Waals surface area contributed by atoms with Gasteiger partial charge >= 0.3 is 5.97 Å². The number of hydrogen-bond acceptors (Lipinski definition) is 4. The Bertz CT molecular complexity index is 957. The van der Waals surface area contributed by atoms with E-state index in [0.29, 0.717) is 11.1 Å². The Morgan fingerprint density at radius 1 is 1.17 bits per heavy atom. The predicted octanol–water partition coefficient (Wildman–Crippen LogP) is 5.42. The molecule has 0 radical (unpaired) electrons. The SMILES string of the molecule is C=C1CC[C@H](OC(=O)C=C(C)C)C(C)(C)[C@H]1CCc1ccc2c(c1)C(=O)C=CC2=O. The van der Waals surface area contributed by atoms with Crippen LogP contribution < -0.4 is 0 Å². The monoisotopic (exact) mass is 406 g/mol. The predicted molar refractivity (Wildman–Crippen MR) is 118 cm³/mol. The van der Waals surface area contributed by atoms with E-state index in [9.17, 15) is 14.4 Å². The van der Waals surface area contributed by atoms with Crippen molar-refractivity contribution in [3.63, 3.8) is 0 Å². The number of ether oxygens (including phenoxy) is 1. The molecule has 0 unspecified atom stereocenters. The van der Waals surface area contributed by atoms with Gasteiger partial charge in [0, 0.05) is 22.6 Å². The Morgan fingerprint density at radius 3 is 2.50 bits per heavy atom. The number of allylic oxidation sites excluding steroid dienone is 4. The topological polar surface area (TPSA) is 60.4 Å². The van der Waals surface area contributed by atoms with Crippen LogP contribution in [0.4, 0.5) is 0 Å². The first kappa shape index (κ1) is 21.9. The molecule has 0 aliphatic heterocycles.